The SMILES string of the molecule is CN(C)CCNC(=O)c1ccccc1C#CCCO. The maximum Gasteiger partial charge on any atom is 0.252 e. The van der Waals surface area contributed by atoms with Crippen molar-refractivity contribution >= 4 is 5.91 Å². The second-order valence-corrected chi connectivity index (χ2v) is 4.38. The zero-order valence-corrected chi connectivity index (χ0v) is 11.4. The van der Waals surface area contributed by atoms with E-state index in [1.165, 1.54) is 0 Å². The fraction of sp³-hybridized carbons (Fsp3) is 0.400. The normalized spacial score (nSPS) is 9.89. The molecular weight excluding hydrogens is 240 g/mol. The minimum absolute atomic E-state index is 0.0319. The zero-order chi connectivity index (χ0) is 14.1. The maximum atomic E-state index is 12.0. The van der Waals surface area contributed by atoms with E-state index in [0.717, 1.165) is 6.54 Å². The maximum absolute atomic E-state index is 12.0. The standard InChI is InChI=1S/C15H20N2O2/c1-17(2)11-10-16-15(19)14-9-4-3-7-13(14)8-5-6-12-18/h3-4,7,9,18H,6,10-12H2,1-2H3,(H,16,19). The van der Waals surface area contributed by atoms with Crippen molar-refractivity contribution in [2.75, 3.05) is 33.8 Å². The van der Waals surface area contributed by atoms with E-state index >= 15 is 0 Å². The first-order valence-electron chi connectivity index (χ1n) is 6.27. The summed E-state index contributed by atoms with van der Waals surface area (Å²) in [7, 11) is 3.92. The molecule has 102 valence electrons. The Balaban J connectivity index is 2.71. The average molecular weight is 260 g/mol. The van der Waals surface area contributed by atoms with E-state index in [4.69, 9.17) is 5.11 Å². The molecule has 0 fully saturated rings. The van der Waals surface area contributed by atoms with Crippen LogP contribution in [0.15, 0.2) is 24.3 Å². The Bertz CT molecular complexity index is 473. The third-order valence-electron chi connectivity index (χ3n) is 2.48. The molecule has 0 aliphatic rings. The summed E-state index contributed by atoms with van der Waals surface area (Å²) < 4.78 is 0. The van der Waals surface area contributed by atoms with Gasteiger partial charge in [-0.25, -0.2) is 0 Å². The highest BCUT2D eigenvalue weighted by atomic mass is 16.2. The van der Waals surface area contributed by atoms with E-state index < -0.39 is 0 Å². The molecule has 1 rings (SSSR count). The summed E-state index contributed by atoms with van der Waals surface area (Å²) in [6.45, 7) is 1.43. The summed E-state index contributed by atoms with van der Waals surface area (Å²) in [6.07, 6.45) is 0.413. The molecule has 0 aliphatic heterocycles. The predicted octanol–water partition coefficient (Wildman–Crippen LogP) is 0.712. The van der Waals surface area contributed by atoms with Gasteiger partial charge in [-0.2, -0.15) is 0 Å². The van der Waals surface area contributed by atoms with Crippen molar-refractivity contribution in [3.63, 3.8) is 0 Å². The first-order chi connectivity index (χ1) is 9.15. The number of likely N-dealkylation sites (N-methyl/N-ethyl adjacent to an activating group) is 1. The molecule has 4 nitrogen and oxygen atoms in total. The van der Waals surface area contributed by atoms with Gasteiger partial charge in [0.2, 0.25) is 0 Å². The van der Waals surface area contributed by atoms with Crippen LogP contribution in [0.2, 0.25) is 0 Å². The van der Waals surface area contributed by atoms with Gasteiger partial charge in [0.15, 0.2) is 0 Å². The molecule has 0 radical (unpaired) electrons. The Hall–Kier alpha value is -1.83. The number of hydrogen-bond acceptors (Lipinski definition) is 3. The van der Waals surface area contributed by atoms with Crippen LogP contribution in [0.25, 0.3) is 0 Å². The third kappa shape index (κ3) is 5.56. The lowest BCUT2D eigenvalue weighted by Crippen LogP contribution is -2.31. The molecule has 0 unspecified atom stereocenters. The van der Waals surface area contributed by atoms with Crippen molar-refractivity contribution in [2.24, 2.45) is 0 Å². The van der Waals surface area contributed by atoms with E-state index in [-0.39, 0.29) is 12.5 Å². The Morgan fingerprint density at radius 2 is 2.11 bits per heavy atom. The van der Waals surface area contributed by atoms with Gasteiger partial charge in [0.1, 0.15) is 0 Å². The third-order valence-corrected chi connectivity index (χ3v) is 2.48. The molecular formula is C15H20N2O2. The lowest BCUT2D eigenvalue weighted by atomic mass is 10.1. The number of carbonyl (C=O) groups is 1. The van der Waals surface area contributed by atoms with Crippen LogP contribution in [0.3, 0.4) is 0 Å². The van der Waals surface area contributed by atoms with Crippen molar-refractivity contribution in [3.05, 3.63) is 35.4 Å². The van der Waals surface area contributed by atoms with Crippen LogP contribution >= 0.6 is 0 Å². The molecule has 0 aromatic heterocycles. The zero-order valence-electron chi connectivity index (χ0n) is 11.4. The average Bonchev–Trinajstić information content (AvgIpc) is 2.39. The van der Waals surface area contributed by atoms with Gasteiger partial charge in [0.05, 0.1) is 12.2 Å². The molecule has 0 bridgehead atoms. The number of nitrogens with zero attached hydrogens (tertiary/aromatic N) is 1. The number of aliphatic hydroxyl groups is 1. The second-order valence-electron chi connectivity index (χ2n) is 4.38. The van der Waals surface area contributed by atoms with Crippen molar-refractivity contribution in [3.8, 4) is 11.8 Å². The molecule has 0 spiro atoms. The summed E-state index contributed by atoms with van der Waals surface area (Å²) in [5, 5.41) is 11.6. The van der Waals surface area contributed by atoms with Gasteiger partial charge < -0.3 is 15.3 Å². The Morgan fingerprint density at radius 3 is 2.79 bits per heavy atom. The summed E-state index contributed by atoms with van der Waals surface area (Å²) in [5.74, 6) is 5.63. The topological polar surface area (TPSA) is 52.6 Å². The van der Waals surface area contributed by atoms with Crippen LogP contribution in [0.4, 0.5) is 0 Å². The van der Waals surface area contributed by atoms with Crippen molar-refractivity contribution in [2.45, 2.75) is 6.42 Å². The Labute approximate surface area is 114 Å². The van der Waals surface area contributed by atoms with Gasteiger partial charge >= 0.3 is 0 Å². The molecule has 4 heteroatoms. The fourth-order valence-corrected chi connectivity index (χ4v) is 1.49. The summed E-state index contributed by atoms with van der Waals surface area (Å²) in [5.41, 5.74) is 1.27. The number of carbonyl (C=O) groups excluding carboxylic acids is 1. The smallest absolute Gasteiger partial charge is 0.252 e. The molecule has 0 aliphatic carbocycles. The van der Waals surface area contributed by atoms with Crippen molar-refractivity contribution in [1.29, 1.82) is 0 Å². The molecule has 0 saturated heterocycles. The van der Waals surface area contributed by atoms with E-state index in [1.807, 2.05) is 37.2 Å². The summed E-state index contributed by atoms with van der Waals surface area (Å²) in [4.78, 5) is 14.0. The van der Waals surface area contributed by atoms with E-state index in [2.05, 4.69) is 17.2 Å². The summed E-state index contributed by atoms with van der Waals surface area (Å²) >= 11 is 0. The predicted molar refractivity (Wildman–Crippen MR) is 75.9 cm³/mol. The van der Waals surface area contributed by atoms with Crippen LogP contribution in [-0.2, 0) is 0 Å². The van der Waals surface area contributed by atoms with Crippen molar-refractivity contribution in [1.82, 2.24) is 10.2 Å². The molecule has 1 aromatic carbocycles. The van der Waals surface area contributed by atoms with Gasteiger partial charge in [-0.05, 0) is 26.2 Å². The van der Waals surface area contributed by atoms with Gasteiger partial charge in [0.25, 0.3) is 5.91 Å². The van der Waals surface area contributed by atoms with Crippen LogP contribution in [-0.4, -0.2) is 49.7 Å². The lowest BCUT2D eigenvalue weighted by Gasteiger charge is -2.11. The van der Waals surface area contributed by atoms with Crippen LogP contribution in [0.1, 0.15) is 22.3 Å². The number of amides is 1. The highest BCUT2D eigenvalue weighted by Gasteiger charge is 2.08. The molecule has 1 aromatic rings. The van der Waals surface area contributed by atoms with Gasteiger partial charge in [0, 0.05) is 25.1 Å². The quantitative estimate of drug-likeness (QED) is 0.767. The Kier molecular flexibility index (Phi) is 6.65. The first-order valence-corrected chi connectivity index (χ1v) is 6.27. The highest BCUT2D eigenvalue weighted by Crippen LogP contribution is 2.07. The highest BCUT2D eigenvalue weighted by molar-refractivity contribution is 5.96. The molecule has 2 N–H and O–H groups in total. The second kappa shape index (κ2) is 8.30. The molecule has 0 atom stereocenters. The van der Waals surface area contributed by atoms with Crippen molar-refractivity contribution < 1.29 is 9.90 Å². The fourth-order valence-electron chi connectivity index (χ4n) is 1.49. The van der Waals surface area contributed by atoms with Gasteiger partial charge in [-0.3, -0.25) is 4.79 Å². The number of hydrogen-bond donors (Lipinski definition) is 2. The number of benzene rings is 1. The minimum Gasteiger partial charge on any atom is -0.395 e. The van der Waals surface area contributed by atoms with E-state index in [0.29, 0.717) is 24.1 Å². The first kappa shape index (κ1) is 15.2. The van der Waals surface area contributed by atoms with Crippen LogP contribution in [0, 0.1) is 11.8 Å². The summed E-state index contributed by atoms with van der Waals surface area (Å²) in [6, 6.07) is 7.23. The number of rotatable bonds is 5. The largest absolute Gasteiger partial charge is 0.395 e. The van der Waals surface area contributed by atoms with E-state index in [1.54, 1.807) is 6.07 Å². The molecule has 1 amide bonds. The molecule has 19 heavy (non-hydrogen) atoms. The van der Waals surface area contributed by atoms with Crippen LogP contribution in [0.5, 0.6) is 0 Å². The Morgan fingerprint density at radius 1 is 1.37 bits per heavy atom. The number of nitrogens with one attached hydrogen (secondary N) is 1. The van der Waals surface area contributed by atoms with E-state index in [9.17, 15) is 4.79 Å². The number of aliphatic hydroxyl groups excluding tert-OH is 1. The van der Waals surface area contributed by atoms with Crippen LogP contribution < -0.4 is 5.32 Å². The lowest BCUT2D eigenvalue weighted by molar-refractivity contribution is 0.0951. The molecule has 0 saturated carbocycles. The minimum atomic E-state index is -0.115. The van der Waals surface area contributed by atoms with Gasteiger partial charge in [-0.15, -0.1) is 0 Å². The molecule has 0 heterocycles. The van der Waals surface area contributed by atoms with Gasteiger partial charge in [-0.1, -0.05) is 24.0 Å². The monoisotopic (exact) mass is 260 g/mol.